The number of phenolic OH excluding ortho intramolecular Hbond substituents is 4. The lowest BCUT2D eigenvalue weighted by molar-refractivity contribution is 0.0516. The van der Waals surface area contributed by atoms with E-state index >= 15 is 0 Å². The Bertz CT molecular complexity index is 2460. The van der Waals surface area contributed by atoms with Crippen LogP contribution < -0.4 is 0 Å². The molecule has 0 aromatic heterocycles. The number of carbonyl (C=O) groups is 4. The third-order valence-corrected chi connectivity index (χ3v) is 8.24. The second-order valence-electron chi connectivity index (χ2n) is 12.9. The Kier molecular flexibility index (Phi) is 15.0. The molecule has 0 amide bonds. The molecule has 0 aliphatic rings. The van der Waals surface area contributed by atoms with Crippen LogP contribution >= 0.6 is 0 Å². The van der Waals surface area contributed by atoms with E-state index in [2.05, 4.69) is 47.4 Å². The van der Waals surface area contributed by atoms with Crippen molar-refractivity contribution in [2.45, 2.75) is 27.7 Å². The maximum atomic E-state index is 12.5. The molecule has 0 spiro atoms. The van der Waals surface area contributed by atoms with Crippen LogP contribution in [0.15, 0.2) is 84.9 Å². The monoisotopic (exact) mass is 830 g/mol. The topological polar surface area (TPSA) is 186 Å². The molecule has 0 aliphatic carbocycles. The fourth-order valence-electron chi connectivity index (χ4n) is 5.63. The van der Waals surface area contributed by atoms with E-state index in [0.717, 1.165) is 0 Å². The summed E-state index contributed by atoms with van der Waals surface area (Å²) in [6, 6.07) is 19.4. The molecule has 0 saturated carbocycles. The lowest BCUT2D eigenvalue weighted by atomic mass is 9.97. The summed E-state index contributed by atoms with van der Waals surface area (Å²) in [5.74, 6) is 20.4. The first kappa shape index (κ1) is 44.5. The van der Waals surface area contributed by atoms with Crippen LogP contribution in [0.3, 0.4) is 0 Å². The third-order valence-electron chi connectivity index (χ3n) is 8.24. The summed E-state index contributed by atoms with van der Waals surface area (Å²) < 4.78 is 20.4. The fourth-order valence-corrected chi connectivity index (χ4v) is 5.63. The molecule has 4 N–H and O–H groups in total. The van der Waals surface area contributed by atoms with E-state index in [1.807, 2.05) is 0 Å². The second kappa shape index (κ2) is 20.9. The van der Waals surface area contributed by atoms with Gasteiger partial charge in [0.25, 0.3) is 0 Å². The summed E-state index contributed by atoms with van der Waals surface area (Å²) >= 11 is 0. The van der Waals surface area contributed by atoms with E-state index in [1.54, 1.807) is 39.8 Å². The van der Waals surface area contributed by atoms with Gasteiger partial charge in [0.2, 0.25) is 0 Å². The molecule has 0 fully saturated rings. The van der Waals surface area contributed by atoms with Crippen LogP contribution in [0.4, 0.5) is 0 Å². The molecule has 5 aromatic carbocycles. The minimum Gasteiger partial charge on any atom is -0.508 e. The molecule has 0 atom stereocenters. The molecule has 12 nitrogen and oxygen atoms in total. The molecular weight excluding hydrogens is 793 g/mol. The Morgan fingerprint density at radius 2 is 0.548 bits per heavy atom. The quantitative estimate of drug-likeness (QED) is 0.0728. The number of benzene rings is 5. The molecule has 5 rings (SSSR count). The second-order valence-corrected chi connectivity index (χ2v) is 12.9. The molecule has 0 unspecified atom stereocenters. The maximum Gasteiger partial charge on any atom is 0.338 e. The van der Waals surface area contributed by atoms with Crippen LogP contribution in [0.1, 0.15) is 114 Å². The zero-order valence-electron chi connectivity index (χ0n) is 34.0. The normalized spacial score (nSPS) is 9.87. The molecule has 12 heteroatoms. The minimum absolute atomic E-state index is 0.0704. The van der Waals surface area contributed by atoms with Gasteiger partial charge in [0.05, 0.1) is 48.7 Å². The lowest BCUT2D eigenvalue weighted by Crippen LogP contribution is -2.04. The Balaban J connectivity index is 1.77. The van der Waals surface area contributed by atoms with Gasteiger partial charge >= 0.3 is 23.9 Å². The van der Waals surface area contributed by atoms with Crippen LogP contribution in [-0.4, -0.2) is 70.7 Å². The molecule has 62 heavy (non-hydrogen) atoms. The summed E-state index contributed by atoms with van der Waals surface area (Å²) in [7, 11) is 0. The number of rotatable bonds is 8. The first-order valence-electron chi connectivity index (χ1n) is 19.1. The summed E-state index contributed by atoms with van der Waals surface area (Å²) in [5.41, 5.74) is 2.42. The number of phenols is 4. The summed E-state index contributed by atoms with van der Waals surface area (Å²) in [4.78, 5) is 50.1. The molecule has 0 aliphatic heterocycles. The van der Waals surface area contributed by atoms with E-state index < -0.39 is 23.9 Å². The van der Waals surface area contributed by atoms with Gasteiger partial charge in [0.1, 0.15) is 23.0 Å². The first-order chi connectivity index (χ1) is 29.8. The van der Waals surface area contributed by atoms with Crippen LogP contribution in [0, 0.1) is 47.4 Å². The predicted octanol–water partition coefficient (Wildman–Crippen LogP) is 6.82. The van der Waals surface area contributed by atoms with Gasteiger partial charge in [0.15, 0.2) is 0 Å². The Morgan fingerprint density at radius 1 is 0.339 bits per heavy atom. The number of carbonyl (C=O) groups excluding carboxylic acids is 4. The SMILES string of the molecule is CCOC(=O)c1cc(O)cc(C#Cc2cc(C#Cc3cc(O)cc(C(=O)OCC)c3)c(C#Cc3cc(O)cc(C(=O)OCC)c3)cc2C#Cc2cc(O)cc(C(=O)OCC)c2)c1. The van der Waals surface area contributed by atoms with Crippen molar-refractivity contribution in [1.82, 2.24) is 0 Å². The third kappa shape index (κ3) is 12.2. The van der Waals surface area contributed by atoms with E-state index in [9.17, 15) is 39.6 Å². The Hall–Kier alpha value is -8.58. The molecule has 310 valence electrons. The summed E-state index contributed by atoms with van der Waals surface area (Å²) in [6.07, 6.45) is 0. The highest BCUT2D eigenvalue weighted by atomic mass is 16.5. The highest BCUT2D eigenvalue weighted by Gasteiger charge is 2.14. The zero-order valence-corrected chi connectivity index (χ0v) is 34.0. The van der Waals surface area contributed by atoms with Crippen molar-refractivity contribution in [3.05, 3.63) is 152 Å². The number of hydrogen-bond acceptors (Lipinski definition) is 12. The molecule has 0 bridgehead atoms. The van der Waals surface area contributed by atoms with Crippen molar-refractivity contribution in [2.75, 3.05) is 26.4 Å². The van der Waals surface area contributed by atoms with Crippen LogP contribution in [-0.2, 0) is 18.9 Å². The highest BCUT2D eigenvalue weighted by molar-refractivity contribution is 5.92. The molecule has 5 aromatic rings. The summed E-state index contributed by atoms with van der Waals surface area (Å²) in [5, 5.41) is 41.7. The number of ether oxygens (including phenoxy) is 4. The highest BCUT2D eigenvalue weighted by Crippen LogP contribution is 2.22. The average Bonchev–Trinajstić information content (AvgIpc) is 3.23. The average molecular weight is 831 g/mol. The molecule has 0 saturated heterocycles. The van der Waals surface area contributed by atoms with Gasteiger partial charge in [-0.05, 0) is 113 Å². The van der Waals surface area contributed by atoms with Crippen LogP contribution in [0.25, 0.3) is 0 Å². The number of esters is 4. The predicted molar refractivity (Wildman–Crippen MR) is 227 cm³/mol. The van der Waals surface area contributed by atoms with Crippen LogP contribution in [0.2, 0.25) is 0 Å². The first-order valence-corrected chi connectivity index (χ1v) is 19.1. The number of aromatic hydroxyl groups is 4. The van der Waals surface area contributed by atoms with E-state index in [4.69, 9.17) is 18.9 Å². The van der Waals surface area contributed by atoms with Crippen molar-refractivity contribution in [3.63, 3.8) is 0 Å². The van der Waals surface area contributed by atoms with E-state index in [1.165, 1.54) is 72.8 Å². The smallest absolute Gasteiger partial charge is 0.338 e. The Morgan fingerprint density at radius 3 is 0.742 bits per heavy atom. The van der Waals surface area contributed by atoms with Crippen molar-refractivity contribution in [2.24, 2.45) is 0 Å². The minimum atomic E-state index is -0.661. The summed E-state index contributed by atoms with van der Waals surface area (Å²) in [6.45, 7) is 7.05. The molecule has 0 heterocycles. The van der Waals surface area contributed by atoms with Gasteiger partial charge in [-0.2, -0.15) is 0 Å². The van der Waals surface area contributed by atoms with Crippen molar-refractivity contribution in [1.29, 1.82) is 0 Å². The van der Waals surface area contributed by atoms with Crippen molar-refractivity contribution in [3.8, 4) is 70.4 Å². The van der Waals surface area contributed by atoms with Crippen molar-refractivity contribution >= 4 is 23.9 Å². The lowest BCUT2D eigenvalue weighted by Gasteiger charge is -2.06. The standard InChI is InChI=1S/C50H38O12/c1-5-59-47(55)39-17-31(21-43(51)27-39)9-13-35-25-37(15-11-33-19-41(29-45(53)23-33)49(57)61-7-3)38(16-12-34-20-42(30-46(54)24-34)50(58)62-8-4)26-36(35)14-10-32-18-40(28-44(52)22-32)48(56)60-6-2/h17-30,51-54H,5-8H2,1-4H3. The van der Waals surface area contributed by atoms with Gasteiger partial charge in [-0.1, -0.05) is 47.4 Å². The van der Waals surface area contributed by atoms with Crippen LogP contribution in [0.5, 0.6) is 23.0 Å². The van der Waals surface area contributed by atoms with Gasteiger partial charge in [-0.15, -0.1) is 0 Å². The molecular formula is C50H38O12. The van der Waals surface area contributed by atoms with E-state index in [0.29, 0.717) is 0 Å². The van der Waals surface area contributed by atoms with Crippen molar-refractivity contribution < 1.29 is 58.6 Å². The van der Waals surface area contributed by atoms with Gasteiger partial charge < -0.3 is 39.4 Å². The van der Waals surface area contributed by atoms with Gasteiger partial charge in [-0.3, -0.25) is 0 Å². The van der Waals surface area contributed by atoms with E-state index in [-0.39, 0.29) is 116 Å². The zero-order chi connectivity index (χ0) is 44.8. The Labute approximate surface area is 357 Å². The maximum absolute atomic E-state index is 12.5. The number of hydrogen-bond donors (Lipinski definition) is 4. The van der Waals surface area contributed by atoms with Gasteiger partial charge in [-0.25, -0.2) is 19.2 Å². The fraction of sp³-hybridized carbons (Fsp3) is 0.160. The largest absolute Gasteiger partial charge is 0.508 e. The molecule has 0 radical (unpaired) electrons. The van der Waals surface area contributed by atoms with Gasteiger partial charge in [0, 0.05) is 44.5 Å².